The van der Waals surface area contributed by atoms with Gasteiger partial charge in [0.1, 0.15) is 0 Å². The molecule has 0 aliphatic heterocycles. The summed E-state index contributed by atoms with van der Waals surface area (Å²) in [5.74, 6) is -1.53. The minimum atomic E-state index is -0.731. The molecule has 0 saturated heterocycles. The van der Waals surface area contributed by atoms with E-state index in [2.05, 4.69) is 0 Å². The van der Waals surface area contributed by atoms with Gasteiger partial charge in [-0.05, 0) is 25.7 Å². The molecule has 2 fully saturated rings. The molecule has 2 saturated carbocycles. The van der Waals surface area contributed by atoms with Crippen molar-refractivity contribution in [1.29, 1.82) is 0 Å². The van der Waals surface area contributed by atoms with Crippen molar-refractivity contribution < 1.29 is 14.4 Å². The van der Waals surface area contributed by atoms with E-state index in [0.29, 0.717) is 25.7 Å². The molecule has 0 spiro atoms. The van der Waals surface area contributed by atoms with Crippen LogP contribution in [0.2, 0.25) is 0 Å². The molecule has 0 heterocycles. The first-order chi connectivity index (χ1) is 7.64. The lowest BCUT2D eigenvalue weighted by atomic mass is 9.53. The topological polar surface area (TPSA) is 51.2 Å². The van der Waals surface area contributed by atoms with Gasteiger partial charge in [0.2, 0.25) is 11.6 Å². The van der Waals surface area contributed by atoms with E-state index in [-0.39, 0.29) is 0 Å². The van der Waals surface area contributed by atoms with Crippen molar-refractivity contribution in [3.63, 3.8) is 0 Å². The summed E-state index contributed by atoms with van der Waals surface area (Å²) < 4.78 is 0. The normalized spacial score (nSPS) is 42.1. The third-order valence-electron chi connectivity index (χ3n) is 4.75. The minimum Gasteiger partial charge on any atom is -0.290 e. The maximum atomic E-state index is 12.1. The second-order valence-corrected chi connectivity index (χ2v) is 5.24. The van der Waals surface area contributed by atoms with Gasteiger partial charge < -0.3 is 0 Å². The Labute approximate surface area is 93.9 Å². The molecule has 3 aliphatic rings. The van der Waals surface area contributed by atoms with Crippen molar-refractivity contribution in [2.75, 3.05) is 0 Å². The summed E-state index contributed by atoms with van der Waals surface area (Å²) in [4.78, 5) is 35.9. The Hall–Kier alpha value is -1.25. The Kier molecular flexibility index (Phi) is 1.80. The Morgan fingerprint density at radius 3 is 1.69 bits per heavy atom. The average molecular weight is 218 g/mol. The largest absolute Gasteiger partial charge is 0.290 e. The summed E-state index contributed by atoms with van der Waals surface area (Å²) >= 11 is 0. The Morgan fingerprint density at radius 2 is 1.25 bits per heavy atom. The van der Waals surface area contributed by atoms with Gasteiger partial charge in [0, 0.05) is 0 Å². The van der Waals surface area contributed by atoms with Crippen LogP contribution in [0.15, 0.2) is 12.2 Å². The Morgan fingerprint density at radius 1 is 0.812 bits per heavy atom. The maximum absolute atomic E-state index is 12.1. The molecular weight excluding hydrogens is 204 g/mol. The van der Waals surface area contributed by atoms with Crippen LogP contribution in [0, 0.1) is 10.8 Å². The maximum Gasteiger partial charge on any atom is 0.265 e. The summed E-state index contributed by atoms with van der Waals surface area (Å²) in [6.07, 6.45) is 8.46. The van der Waals surface area contributed by atoms with Crippen LogP contribution in [-0.4, -0.2) is 17.3 Å². The molecule has 0 aromatic heterocycles. The van der Waals surface area contributed by atoms with Gasteiger partial charge in [-0.15, -0.1) is 0 Å². The number of hydrogen-bond acceptors (Lipinski definition) is 3. The fourth-order valence-electron chi connectivity index (χ4n) is 3.88. The van der Waals surface area contributed by atoms with E-state index in [9.17, 15) is 14.4 Å². The number of carbonyl (C=O) groups is 3. The predicted octanol–water partition coefficient (Wildman–Crippen LogP) is 1.60. The van der Waals surface area contributed by atoms with Crippen LogP contribution in [0.3, 0.4) is 0 Å². The smallest absolute Gasteiger partial charge is 0.265 e. The summed E-state index contributed by atoms with van der Waals surface area (Å²) in [6.45, 7) is 0. The predicted molar refractivity (Wildman–Crippen MR) is 56.7 cm³/mol. The van der Waals surface area contributed by atoms with Crippen molar-refractivity contribution in [3.8, 4) is 0 Å². The van der Waals surface area contributed by atoms with Gasteiger partial charge in [0.15, 0.2) is 0 Å². The van der Waals surface area contributed by atoms with Crippen molar-refractivity contribution >= 4 is 17.3 Å². The fourth-order valence-corrected chi connectivity index (χ4v) is 3.88. The molecule has 0 aromatic rings. The van der Waals surface area contributed by atoms with Crippen molar-refractivity contribution in [3.05, 3.63) is 12.2 Å². The molecule has 0 unspecified atom stereocenters. The number of hydrogen-bond donors (Lipinski definition) is 0. The van der Waals surface area contributed by atoms with Crippen LogP contribution >= 0.6 is 0 Å². The van der Waals surface area contributed by atoms with Crippen LogP contribution in [0.4, 0.5) is 0 Å². The molecule has 0 N–H and O–H groups in total. The van der Waals surface area contributed by atoms with E-state index in [1.165, 1.54) is 0 Å². The number of allylic oxidation sites excluding steroid dienone is 2. The van der Waals surface area contributed by atoms with Gasteiger partial charge in [-0.25, -0.2) is 0 Å². The molecular formula is C13H14O3. The van der Waals surface area contributed by atoms with Gasteiger partial charge >= 0.3 is 0 Å². The molecule has 0 bridgehead atoms. The van der Waals surface area contributed by atoms with E-state index in [1.807, 2.05) is 12.2 Å². The molecule has 3 heteroatoms. The number of Topliss-reactive ketones (excluding diaryl/α,β-unsaturated/α-hetero) is 3. The second kappa shape index (κ2) is 2.90. The first-order valence-corrected chi connectivity index (χ1v) is 5.93. The van der Waals surface area contributed by atoms with Crippen LogP contribution in [-0.2, 0) is 14.4 Å². The molecule has 2 atom stereocenters. The standard InChI is InChI=1S/C13H14O3/c14-9-10(15)12-5-1-2-6-13(12,11(9)16)8-4-3-7-12/h1-2H,3-8H2/t12-,13+. The van der Waals surface area contributed by atoms with Crippen molar-refractivity contribution in [2.45, 2.75) is 38.5 Å². The van der Waals surface area contributed by atoms with Gasteiger partial charge in [0.25, 0.3) is 5.78 Å². The summed E-state index contributed by atoms with van der Waals surface area (Å²) in [6, 6.07) is 0. The summed E-state index contributed by atoms with van der Waals surface area (Å²) in [7, 11) is 0. The zero-order valence-corrected chi connectivity index (χ0v) is 9.12. The van der Waals surface area contributed by atoms with Crippen molar-refractivity contribution in [1.82, 2.24) is 0 Å². The van der Waals surface area contributed by atoms with Gasteiger partial charge in [-0.1, -0.05) is 25.0 Å². The lowest BCUT2D eigenvalue weighted by molar-refractivity contribution is -0.142. The summed E-state index contributed by atoms with van der Waals surface area (Å²) in [5.41, 5.74) is -1.32. The minimum absolute atomic E-state index is 0.401. The first kappa shape index (κ1) is 9.94. The van der Waals surface area contributed by atoms with Gasteiger partial charge in [0.05, 0.1) is 10.8 Å². The van der Waals surface area contributed by atoms with E-state index < -0.39 is 28.2 Å². The van der Waals surface area contributed by atoms with Crippen LogP contribution in [0.5, 0.6) is 0 Å². The third kappa shape index (κ3) is 0.841. The number of carbonyl (C=O) groups excluding carboxylic acids is 3. The Bertz CT molecular complexity index is 396. The lowest BCUT2D eigenvalue weighted by Crippen LogP contribution is -2.48. The molecule has 3 aliphatic carbocycles. The molecule has 0 amide bonds. The molecule has 16 heavy (non-hydrogen) atoms. The van der Waals surface area contributed by atoms with Gasteiger partial charge in [-0.3, -0.25) is 14.4 Å². The quantitative estimate of drug-likeness (QED) is 0.458. The third-order valence-corrected chi connectivity index (χ3v) is 4.75. The first-order valence-electron chi connectivity index (χ1n) is 5.93. The van der Waals surface area contributed by atoms with E-state index in [0.717, 1.165) is 12.8 Å². The van der Waals surface area contributed by atoms with Crippen LogP contribution in [0.1, 0.15) is 38.5 Å². The van der Waals surface area contributed by atoms with Gasteiger partial charge in [-0.2, -0.15) is 0 Å². The monoisotopic (exact) mass is 218 g/mol. The number of ketones is 3. The zero-order chi connectivity index (χ0) is 11.4. The molecule has 3 nitrogen and oxygen atoms in total. The fraction of sp³-hybridized carbons (Fsp3) is 0.615. The number of rotatable bonds is 0. The average Bonchev–Trinajstić information content (AvgIpc) is 2.51. The van der Waals surface area contributed by atoms with E-state index in [4.69, 9.17) is 0 Å². The molecule has 0 aromatic carbocycles. The highest BCUT2D eigenvalue weighted by Gasteiger charge is 2.69. The lowest BCUT2D eigenvalue weighted by Gasteiger charge is -2.47. The highest BCUT2D eigenvalue weighted by atomic mass is 16.2. The highest BCUT2D eigenvalue weighted by Crippen LogP contribution is 2.61. The Balaban J connectivity index is 2.23. The SMILES string of the molecule is O=C1C(=O)[C@@]23CC=CC[C@@]2(CCCC3)C1=O. The van der Waals surface area contributed by atoms with Crippen LogP contribution in [0.25, 0.3) is 0 Å². The molecule has 0 radical (unpaired) electrons. The van der Waals surface area contributed by atoms with Crippen LogP contribution < -0.4 is 0 Å². The van der Waals surface area contributed by atoms with E-state index in [1.54, 1.807) is 0 Å². The molecule has 84 valence electrons. The molecule has 3 rings (SSSR count). The van der Waals surface area contributed by atoms with E-state index >= 15 is 0 Å². The summed E-state index contributed by atoms with van der Waals surface area (Å²) in [5, 5.41) is 0. The highest BCUT2D eigenvalue weighted by molar-refractivity contribution is 6.69. The van der Waals surface area contributed by atoms with Crippen molar-refractivity contribution in [2.24, 2.45) is 10.8 Å². The zero-order valence-electron chi connectivity index (χ0n) is 9.12. The second-order valence-electron chi connectivity index (χ2n) is 5.24.